The van der Waals surface area contributed by atoms with Crippen LogP contribution in [-0.2, 0) is 40.3 Å². The quantitative estimate of drug-likeness (QED) is 0.127. The van der Waals surface area contributed by atoms with Crippen LogP contribution in [0.5, 0.6) is 5.75 Å². The number of imidazole rings is 2. The molecule has 0 radical (unpaired) electrons. The van der Waals surface area contributed by atoms with Gasteiger partial charge < -0.3 is 33.6 Å². The van der Waals surface area contributed by atoms with Crippen LogP contribution in [0.3, 0.4) is 0 Å². The van der Waals surface area contributed by atoms with Crippen LogP contribution in [0.15, 0.2) is 69.7 Å². The third-order valence-corrected chi connectivity index (χ3v) is 10.4. The lowest BCUT2D eigenvalue weighted by Gasteiger charge is -2.15. The Labute approximate surface area is 337 Å². The van der Waals surface area contributed by atoms with Gasteiger partial charge >= 0.3 is 0 Å². The molecule has 306 valence electrons. The number of fused-ring (bicyclic) bond motifs is 2. The van der Waals surface area contributed by atoms with Crippen molar-refractivity contribution in [2.45, 2.75) is 74.1 Å². The molecule has 6 aromatic rings. The molecule has 16 nitrogen and oxygen atoms in total. The van der Waals surface area contributed by atoms with Crippen molar-refractivity contribution in [2.24, 2.45) is 29.8 Å². The molecule has 2 aromatic carbocycles. The average molecular weight is 791 g/mol. The lowest BCUT2D eigenvalue weighted by molar-refractivity contribution is 0.0977. The number of aromatic nitrogens is 8. The second-order valence-electron chi connectivity index (χ2n) is 15.0. The first-order chi connectivity index (χ1) is 27.6. The van der Waals surface area contributed by atoms with Gasteiger partial charge in [-0.3, -0.25) is 23.7 Å². The first-order valence-corrected chi connectivity index (χ1v) is 19.5. The molecule has 0 spiro atoms. The Balaban J connectivity index is 1.52. The van der Waals surface area contributed by atoms with Gasteiger partial charge in [-0.05, 0) is 98.5 Å². The van der Waals surface area contributed by atoms with Gasteiger partial charge in [-0.1, -0.05) is 23.3 Å². The predicted octanol–water partition coefficient (Wildman–Crippen LogP) is 4.27. The van der Waals surface area contributed by atoms with Crippen LogP contribution >= 0.6 is 0 Å². The maximum absolute atomic E-state index is 14.0. The van der Waals surface area contributed by atoms with Crippen molar-refractivity contribution in [3.63, 3.8) is 0 Å². The van der Waals surface area contributed by atoms with Crippen molar-refractivity contribution < 1.29 is 19.1 Å². The summed E-state index contributed by atoms with van der Waals surface area (Å²) in [7, 11) is 7.71. The van der Waals surface area contributed by atoms with E-state index in [9.17, 15) is 14.4 Å². The van der Waals surface area contributed by atoms with Crippen molar-refractivity contribution in [3.05, 3.63) is 99.3 Å². The van der Waals surface area contributed by atoms with Gasteiger partial charge in [0.1, 0.15) is 22.7 Å². The minimum Gasteiger partial charge on any atom is -0.491 e. The molecular weight excluding hydrogens is 737 g/mol. The fraction of sp³-hybridized carbons (Fsp3) is 0.405. The van der Waals surface area contributed by atoms with E-state index in [-0.39, 0.29) is 11.5 Å². The van der Waals surface area contributed by atoms with Crippen LogP contribution in [0.2, 0.25) is 0 Å². The van der Waals surface area contributed by atoms with Crippen molar-refractivity contribution in [2.75, 3.05) is 27.2 Å². The summed E-state index contributed by atoms with van der Waals surface area (Å²) >= 11 is 0. The number of rotatable bonds is 14. The van der Waals surface area contributed by atoms with Gasteiger partial charge in [0.2, 0.25) is 17.1 Å². The monoisotopic (exact) mass is 790 g/mol. The Bertz CT molecular complexity index is 2730. The number of hydrogen-bond acceptors (Lipinski definition) is 7. The molecular formula is C42H54N12O4. The predicted molar refractivity (Wildman–Crippen MR) is 222 cm³/mol. The molecule has 0 unspecified atom stereocenters. The first kappa shape index (κ1) is 41.3. The highest BCUT2D eigenvalue weighted by atomic mass is 16.5. The van der Waals surface area contributed by atoms with Gasteiger partial charge in [0.05, 0.1) is 34.5 Å². The third-order valence-electron chi connectivity index (χ3n) is 10.4. The van der Waals surface area contributed by atoms with Crippen molar-refractivity contribution in [3.8, 4) is 5.75 Å². The molecule has 4 aromatic heterocycles. The van der Waals surface area contributed by atoms with Gasteiger partial charge in [0.15, 0.2) is 0 Å². The van der Waals surface area contributed by atoms with Gasteiger partial charge in [-0.25, -0.2) is 0 Å². The summed E-state index contributed by atoms with van der Waals surface area (Å²) in [4.78, 5) is 51.7. The van der Waals surface area contributed by atoms with Crippen molar-refractivity contribution >= 4 is 39.8 Å². The zero-order valence-corrected chi connectivity index (χ0v) is 35.2. The smallest absolute Gasteiger partial charge is 0.298 e. The highest BCUT2D eigenvalue weighted by Gasteiger charge is 2.22. The molecule has 0 atom stereocenters. The van der Waals surface area contributed by atoms with Crippen LogP contribution in [0, 0.1) is 13.8 Å². The van der Waals surface area contributed by atoms with E-state index in [1.807, 2.05) is 108 Å². The summed E-state index contributed by atoms with van der Waals surface area (Å²) in [5, 5.41) is 8.93. The number of primary amides is 1. The minimum absolute atomic E-state index is 0.277. The summed E-state index contributed by atoms with van der Waals surface area (Å²) in [5.41, 5.74) is 14.3. The molecule has 58 heavy (non-hydrogen) atoms. The fourth-order valence-electron chi connectivity index (χ4n) is 7.23. The van der Waals surface area contributed by atoms with Gasteiger partial charge in [0.25, 0.3) is 11.8 Å². The third kappa shape index (κ3) is 8.23. The highest BCUT2D eigenvalue weighted by Crippen LogP contribution is 2.29. The van der Waals surface area contributed by atoms with E-state index < -0.39 is 11.8 Å². The standard InChI is InChI=1S/C42H54N12O4/c1-11-53-34(20-28(5)46-53)39(56)44-41-49(9)31-16-13-14-17-32(31)51(41)24-26(3)27(4)25-52-37-33(22-30(38(43)55)23-36(37)58-19-15-18-48(7)8)50(10)42(52)45-40(57)35-21-29(6)47-54(35)12-2/h13-14,16-17,20-23H,11-12,15,18-19,24-25H2,1-10H3,(H2,43,55)/b27-26+,44-41?,45-42?. The van der Waals surface area contributed by atoms with E-state index in [1.165, 1.54) is 0 Å². The Morgan fingerprint density at radius 2 is 1.28 bits per heavy atom. The van der Waals surface area contributed by atoms with Gasteiger partial charge in [-0.2, -0.15) is 20.2 Å². The van der Waals surface area contributed by atoms with E-state index in [1.54, 1.807) is 38.2 Å². The molecule has 0 aliphatic heterocycles. The number of para-hydroxylation sites is 2. The number of ether oxygens (including phenoxy) is 1. The van der Waals surface area contributed by atoms with Crippen LogP contribution < -0.4 is 21.7 Å². The SMILES string of the molecule is CCn1nc(C)cc1C(=O)N=c1n(C)c2ccccc2n1C/C(C)=C(\C)Cn1c(=NC(=O)c2cc(C)nn2CC)n(C)c2cc(C(N)=O)cc(OCCCN(C)C)c21. The zero-order valence-electron chi connectivity index (χ0n) is 35.2. The Hall–Kier alpha value is -6.29. The van der Waals surface area contributed by atoms with Gasteiger partial charge in [-0.15, -0.1) is 0 Å². The molecule has 4 heterocycles. The number of nitrogens with zero attached hydrogens (tertiary/aromatic N) is 11. The van der Waals surface area contributed by atoms with Crippen LogP contribution in [-0.4, -0.2) is 87.7 Å². The lowest BCUT2D eigenvalue weighted by Crippen LogP contribution is -2.28. The van der Waals surface area contributed by atoms with E-state index >= 15 is 0 Å². The summed E-state index contributed by atoms with van der Waals surface area (Å²) < 4.78 is 17.4. The van der Waals surface area contributed by atoms with Crippen molar-refractivity contribution in [1.82, 2.24) is 42.7 Å². The Morgan fingerprint density at radius 1 is 0.759 bits per heavy atom. The molecule has 0 fully saturated rings. The van der Waals surface area contributed by atoms with Crippen LogP contribution in [0.4, 0.5) is 0 Å². The summed E-state index contributed by atoms with van der Waals surface area (Å²) in [5.74, 6) is -0.974. The number of aryl methyl sites for hydroxylation is 6. The van der Waals surface area contributed by atoms with Crippen molar-refractivity contribution in [1.29, 1.82) is 0 Å². The topological polar surface area (TPSA) is 170 Å². The second kappa shape index (κ2) is 17.1. The van der Waals surface area contributed by atoms with E-state index in [4.69, 9.17) is 15.5 Å². The van der Waals surface area contributed by atoms with E-state index in [0.717, 1.165) is 40.8 Å². The molecule has 0 saturated carbocycles. The first-order valence-electron chi connectivity index (χ1n) is 19.5. The number of carbonyl (C=O) groups is 3. The number of amides is 3. The Kier molecular flexibility index (Phi) is 12.2. The second-order valence-corrected chi connectivity index (χ2v) is 15.0. The summed E-state index contributed by atoms with van der Waals surface area (Å²) in [6.07, 6.45) is 0.745. The maximum Gasteiger partial charge on any atom is 0.298 e. The molecule has 0 aliphatic rings. The lowest BCUT2D eigenvalue weighted by atomic mass is 10.1. The molecule has 0 aliphatic carbocycles. The minimum atomic E-state index is -0.599. The number of carbonyl (C=O) groups excluding carboxylic acids is 3. The summed E-state index contributed by atoms with van der Waals surface area (Å²) in [6, 6.07) is 14.8. The molecule has 0 saturated heterocycles. The molecule has 16 heteroatoms. The normalized spacial score (nSPS) is 13.0. The number of benzene rings is 2. The molecule has 0 bridgehead atoms. The van der Waals surface area contributed by atoms with Crippen LogP contribution in [0.25, 0.3) is 22.1 Å². The largest absolute Gasteiger partial charge is 0.491 e. The fourth-order valence-corrected chi connectivity index (χ4v) is 7.23. The summed E-state index contributed by atoms with van der Waals surface area (Å²) in [6.45, 7) is 14.6. The molecule has 3 amide bonds. The van der Waals surface area contributed by atoms with Gasteiger partial charge in [0, 0.05) is 52.4 Å². The average Bonchev–Trinajstić information content (AvgIpc) is 3.91. The molecule has 6 rings (SSSR count). The zero-order chi connectivity index (χ0) is 42.0. The Morgan fingerprint density at radius 3 is 1.81 bits per heavy atom. The maximum atomic E-state index is 14.0. The molecule has 2 N–H and O–H groups in total. The highest BCUT2D eigenvalue weighted by molar-refractivity contribution is 5.99. The number of nitrogens with two attached hydrogens (primary N) is 1. The van der Waals surface area contributed by atoms with E-state index in [0.29, 0.717) is 77.9 Å². The number of hydrogen-bond donors (Lipinski definition) is 1. The number of allylic oxidation sites excluding steroid dienone is 2. The van der Waals surface area contributed by atoms with Crippen LogP contribution in [0.1, 0.15) is 76.8 Å². The van der Waals surface area contributed by atoms with E-state index in [2.05, 4.69) is 20.1 Å².